The van der Waals surface area contributed by atoms with E-state index in [0.29, 0.717) is 12.5 Å². The van der Waals surface area contributed by atoms with Crippen molar-refractivity contribution in [2.24, 2.45) is 5.92 Å². The first-order valence-corrected chi connectivity index (χ1v) is 13.6. The smallest absolute Gasteiger partial charge is 0.262 e. The average Bonchev–Trinajstić information content (AvgIpc) is 3.60. The third kappa shape index (κ3) is 4.40. The molecule has 1 fully saturated rings. The lowest BCUT2D eigenvalue weighted by Crippen LogP contribution is -2.37. The topological polar surface area (TPSA) is 68.6 Å². The number of aromatic nitrogens is 4. The van der Waals surface area contributed by atoms with Crippen LogP contribution in [0.2, 0.25) is 0 Å². The zero-order valence-corrected chi connectivity index (χ0v) is 21.6. The van der Waals surface area contributed by atoms with E-state index >= 15 is 0 Å². The van der Waals surface area contributed by atoms with Gasteiger partial charge < -0.3 is 13.9 Å². The predicted molar refractivity (Wildman–Crippen MR) is 143 cm³/mol. The van der Waals surface area contributed by atoms with Gasteiger partial charge in [0, 0.05) is 35.3 Å². The van der Waals surface area contributed by atoms with E-state index in [1.54, 1.807) is 10.7 Å². The number of hydrogen-bond acceptors (Lipinski definition) is 6. The molecule has 186 valence electrons. The highest BCUT2D eigenvalue weighted by Crippen LogP contribution is 2.25. The Morgan fingerprint density at radius 2 is 1.92 bits per heavy atom. The van der Waals surface area contributed by atoms with Crippen LogP contribution in [0.15, 0.2) is 57.3 Å². The van der Waals surface area contributed by atoms with Crippen molar-refractivity contribution in [3.8, 4) is 0 Å². The summed E-state index contributed by atoms with van der Waals surface area (Å²) in [5, 5.41) is 2.00. The summed E-state index contributed by atoms with van der Waals surface area (Å²) < 4.78 is 9.71. The maximum atomic E-state index is 13.1. The van der Waals surface area contributed by atoms with Crippen molar-refractivity contribution < 1.29 is 4.42 Å². The van der Waals surface area contributed by atoms with Gasteiger partial charge in [-0.2, -0.15) is 0 Å². The Kier molecular flexibility index (Phi) is 6.23. The Morgan fingerprint density at radius 1 is 1.08 bits per heavy atom. The highest BCUT2D eigenvalue weighted by molar-refractivity contribution is 7.15. The highest BCUT2D eigenvalue weighted by Gasteiger charge is 2.23. The van der Waals surface area contributed by atoms with E-state index in [9.17, 15) is 4.79 Å². The fourth-order valence-corrected chi connectivity index (χ4v) is 6.37. The summed E-state index contributed by atoms with van der Waals surface area (Å²) in [6.07, 6.45) is 5.74. The van der Waals surface area contributed by atoms with Crippen LogP contribution in [-0.2, 0) is 19.4 Å². The SMILES string of the molecule is Cc1nc2scc(C)n2c(=O)c1CCN1CCC(Cc2nc3ccccc3n2Cc2ccco2)CC1. The maximum absolute atomic E-state index is 13.1. The van der Waals surface area contributed by atoms with Crippen molar-refractivity contribution in [3.63, 3.8) is 0 Å². The summed E-state index contributed by atoms with van der Waals surface area (Å²) in [6.45, 7) is 7.65. The van der Waals surface area contributed by atoms with Crippen LogP contribution in [0.25, 0.3) is 16.0 Å². The van der Waals surface area contributed by atoms with Gasteiger partial charge in [0.15, 0.2) is 4.96 Å². The molecule has 0 unspecified atom stereocenters. The van der Waals surface area contributed by atoms with Crippen molar-refractivity contribution in [2.45, 2.75) is 46.1 Å². The standard InChI is InChI=1S/C28H31N5O2S/c1-19-18-36-28-29-20(2)23(27(34)33(19)28)11-14-31-12-9-21(10-13-31)16-26-30-24-7-3-4-8-25(24)32(26)17-22-6-5-15-35-22/h3-8,15,18,21H,9-14,16-17H2,1-2H3. The van der Waals surface area contributed by atoms with Gasteiger partial charge in [0.25, 0.3) is 5.56 Å². The van der Waals surface area contributed by atoms with Gasteiger partial charge in [0.2, 0.25) is 0 Å². The summed E-state index contributed by atoms with van der Waals surface area (Å²) in [4.78, 5) is 26.0. The number of piperidine rings is 1. The predicted octanol–water partition coefficient (Wildman–Crippen LogP) is 4.86. The van der Waals surface area contributed by atoms with E-state index in [1.165, 1.54) is 11.3 Å². The van der Waals surface area contributed by atoms with E-state index < -0.39 is 0 Å². The van der Waals surface area contributed by atoms with Crippen molar-refractivity contribution in [1.82, 2.24) is 23.8 Å². The Balaban J connectivity index is 1.11. The van der Waals surface area contributed by atoms with E-state index in [0.717, 1.165) is 89.8 Å². The number of aryl methyl sites for hydroxylation is 2. The maximum Gasteiger partial charge on any atom is 0.262 e. The van der Waals surface area contributed by atoms with E-state index in [-0.39, 0.29) is 5.56 Å². The summed E-state index contributed by atoms with van der Waals surface area (Å²) in [5.41, 5.74) is 4.99. The molecular formula is C28H31N5O2S. The molecule has 8 heteroatoms. The molecular weight excluding hydrogens is 470 g/mol. The van der Waals surface area contributed by atoms with Crippen LogP contribution in [0.5, 0.6) is 0 Å². The first-order chi connectivity index (χ1) is 17.6. The Bertz CT molecular complexity index is 1550. The molecule has 0 radical (unpaired) electrons. The Morgan fingerprint density at radius 3 is 2.72 bits per heavy atom. The summed E-state index contributed by atoms with van der Waals surface area (Å²) >= 11 is 1.53. The minimum Gasteiger partial charge on any atom is -0.467 e. The molecule has 0 amide bonds. The summed E-state index contributed by atoms with van der Waals surface area (Å²) in [6, 6.07) is 12.3. The van der Waals surface area contributed by atoms with Crippen LogP contribution in [-0.4, -0.2) is 43.5 Å². The lowest BCUT2D eigenvalue weighted by atomic mass is 9.93. The number of rotatable bonds is 7. The molecule has 1 aromatic carbocycles. The fraction of sp³-hybridized carbons (Fsp3) is 0.393. The minimum atomic E-state index is 0.0987. The molecule has 5 aromatic rings. The van der Waals surface area contributed by atoms with Gasteiger partial charge in [-0.05, 0) is 76.4 Å². The Labute approximate surface area is 214 Å². The van der Waals surface area contributed by atoms with E-state index in [4.69, 9.17) is 9.40 Å². The first-order valence-electron chi connectivity index (χ1n) is 12.7. The molecule has 6 rings (SSSR count). The quantitative estimate of drug-likeness (QED) is 0.319. The van der Waals surface area contributed by atoms with Crippen LogP contribution in [0, 0.1) is 19.8 Å². The molecule has 1 saturated heterocycles. The average molecular weight is 502 g/mol. The molecule has 0 N–H and O–H groups in total. The zero-order valence-electron chi connectivity index (χ0n) is 20.8. The number of benzene rings is 1. The second-order valence-electron chi connectivity index (χ2n) is 9.90. The molecule has 7 nitrogen and oxygen atoms in total. The number of nitrogens with zero attached hydrogens (tertiary/aromatic N) is 5. The molecule has 0 spiro atoms. The largest absolute Gasteiger partial charge is 0.467 e. The van der Waals surface area contributed by atoms with Crippen LogP contribution in [0.4, 0.5) is 0 Å². The number of imidazole rings is 1. The monoisotopic (exact) mass is 501 g/mol. The third-order valence-corrected chi connectivity index (χ3v) is 8.47. The van der Waals surface area contributed by atoms with Gasteiger partial charge in [0.1, 0.15) is 11.6 Å². The van der Waals surface area contributed by atoms with Crippen LogP contribution >= 0.6 is 11.3 Å². The highest BCUT2D eigenvalue weighted by atomic mass is 32.1. The third-order valence-electron chi connectivity index (χ3n) is 7.52. The molecule has 5 heterocycles. The summed E-state index contributed by atoms with van der Waals surface area (Å²) in [5.74, 6) is 2.69. The van der Waals surface area contributed by atoms with Crippen molar-refractivity contribution >= 4 is 27.3 Å². The van der Waals surface area contributed by atoms with E-state index in [1.807, 2.05) is 31.4 Å². The second kappa shape index (κ2) is 9.67. The molecule has 0 atom stereocenters. The van der Waals surface area contributed by atoms with Crippen LogP contribution in [0.3, 0.4) is 0 Å². The Hall–Kier alpha value is -3.23. The molecule has 1 aliphatic rings. The van der Waals surface area contributed by atoms with Gasteiger partial charge in [-0.1, -0.05) is 12.1 Å². The van der Waals surface area contributed by atoms with Crippen LogP contribution < -0.4 is 5.56 Å². The van der Waals surface area contributed by atoms with Crippen molar-refractivity contribution in [1.29, 1.82) is 0 Å². The number of likely N-dealkylation sites (tertiary alicyclic amines) is 1. The molecule has 0 saturated carbocycles. The number of furan rings is 1. The molecule has 0 bridgehead atoms. The molecule has 4 aromatic heterocycles. The number of hydrogen-bond donors (Lipinski definition) is 0. The van der Waals surface area contributed by atoms with Crippen molar-refractivity contribution in [3.05, 3.63) is 86.9 Å². The van der Waals surface area contributed by atoms with Gasteiger partial charge in [0.05, 0.1) is 23.8 Å². The van der Waals surface area contributed by atoms with Gasteiger partial charge in [-0.3, -0.25) is 9.20 Å². The second-order valence-corrected chi connectivity index (χ2v) is 10.7. The lowest BCUT2D eigenvalue weighted by molar-refractivity contribution is 0.184. The lowest BCUT2D eigenvalue weighted by Gasteiger charge is -2.32. The number of para-hydroxylation sites is 2. The number of fused-ring (bicyclic) bond motifs is 2. The normalized spacial score (nSPS) is 15.4. The number of thiazole rings is 1. The first kappa shape index (κ1) is 23.2. The van der Waals surface area contributed by atoms with Gasteiger partial charge >= 0.3 is 0 Å². The van der Waals surface area contributed by atoms with Gasteiger partial charge in [-0.25, -0.2) is 9.97 Å². The fourth-order valence-electron chi connectivity index (χ4n) is 5.46. The summed E-state index contributed by atoms with van der Waals surface area (Å²) in [7, 11) is 0. The molecule has 1 aliphatic heterocycles. The minimum absolute atomic E-state index is 0.0987. The van der Waals surface area contributed by atoms with Crippen LogP contribution in [0.1, 0.15) is 41.4 Å². The molecule has 0 aliphatic carbocycles. The van der Waals surface area contributed by atoms with Gasteiger partial charge in [-0.15, -0.1) is 11.3 Å². The van der Waals surface area contributed by atoms with E-state index in [2.05, 4.69) is 38.7 Å². The zero-order chi connectivity index (χ0) is 24.6. The van der Waals surface area contributed by atoms with Crippen molar-refractivity contribution in [2.75, 3.05) is 19.6 Å². The molecule has 36 heavy (non-hydrogen) atoms.